The van der Waals surface area contributed by atoms with Crippen LogP contribution in [0.3, 0.4) is 0 Å². The summed E-state index contributed by atoms with van der Waals surface area (Å²) in [6.07, 6.45) is 3.11. The second-order valence-electron chi connectivity index (χ2n) is 4.60. The molecule has 0 aliphatic carbocycles. The third-order valence-corrected chi connectivity index (χ3v) is 5.47. The fourth-order valence-electron chi connectivity index (χ4n) is 2.39. The zero-order valence-corrected chi connectivity index (χ0v) is 13.7. The Balaban J connectivity index is 2.06. The van der Waals surface area contributed by atoms with Crippen molar-refractivity contribution in [1.82, 2.24) is 0 Å². The van der Waals surface area contributed by atoms with Gasteiger partial charge in [0.25, 0.3) is 0 Å². The van der Waals surface area contributed by atoms with Crippen LogP contribution in [0.4, 0.5) is 11.4 Å². The number of fused-ring (bicyclic) bond motifs is 2. The van der Waals surface area contributed by atoms with Gasteiger partial charge >= 0.3 is 0 Å². The van der Waals surface area contributed by atoms with E-state index in [4.69, 9.17) is 11.6 Å². The maximum atomic E-state index is 5.90. The van der Waals surface area contributed by atoms with E-state index >= 15 is 0 Å². The fraction of sp³-hybridized carbons (Fsp3) is 0.250. The molecule has 0 bridgehead atoms. The highest BCUT2D eigenvalue weighted by atomic mass is 35.5. The molecule has 0 spiro atoms. The molecular weight excluding hydrogens is 306 g/mol. The molecular formula is C16H16ClNS2. The number of hydrogen-bond acceptors (Lipinski definition) is 3. The lowest BCUT2D eigenvalue weighted by molar-refractivity contribution is 0.869. The van der Waals surface area contributed by atoms with Crippen LogP contribution in [0.1, 0.15) is 6.42 Å². The van der Waals surface area contributed by atoms with Crippen LogP contribution in [-0.4, -0.2) is 18.7 Å². The molecule has 1 aliphatic heterocycles. The van der Waals surface area contributed by atoms with Crippen LogP contribution >= 0.6 is 35.1 Å². The van der Waals surface area contributed by atoms with E-state index in [1.54, 1.807) is 11.8 Å². The first-order valence-corrected chi connectivity index (χ1v) is 9.19. The number of benzene rings is 2. The van der Waals surface area contributed by atoms with Gasteiger partial charge in [-0.1, -0.05) is 23.9 Å². The molecule has 0 amide bonds. The number of anilines is 2. The summed E-state index contributed by atoms with van der Waals surface area (Å²) >= 11 is 9.54. The molecule has 4 heteroatoms. The summed E-state index contributed by atoms with van der Waals surface area (Å²) in [7, 11) is 0. The van der Waals surface area contributed by atoms with Gasteiger partial charge in [-0.25, -0.2) is 0 Å². The lowest BCUT2D eigenvalue weighted by Crippen LogP contribution is -2.22. The Morgan fingerprint density at radius 1 is 1.10 bits per heavy atom. The van der Waals surface area contributed by atoms with E-state index in [0.717, 1.165) is 13.0 Å². The summed E-state index contributed by atoms with van der Waals surface area (Å²) in [6.45, 7) is 0.964. The van der Waals surface area contributed by atoms with Crippen molar-refractivity contribution < 1.29 is 0 Å². The number of hydrogen-bond donors (Lipinski definition) is 0. The topological polar surface area (TPSA) is 3.24 Å². The highest BCUT2D eigenvalue weighted by Gasteiger charge is 2.22. The number of nitrogens with zero attached hydrogens (tertiary/aromatic N) is 1. The van der Waals surface area contributed by atoms with Gasteiger partial charge in [0.05, 0.1) is 11.4 Å². The summed E-state index contributed by atoms with van der Waals surface area (Å²) in [5.41, 5.74) is 2.61. The van der Waals surface area contributed by atoms with E-state index in [2.05, 4.69) is 53.6 Å². The Bertz CT molecular complexity index is 615. The van der Waals surface area contributed by atoms with Crippen LogP contribution in [0.15, 0.2) is 57.2 Å². The minimum absolute atomic E-state index is 0.698. The van der Waals surface area contributed by atoms with Gasteiger partial charge in [0.2, 0.25) is 0 Å². The molecule has 0 fully saturated rings. The van der Waals surface area contributed by atoms with Crippen molar-refractivity contribution in [3.8, 4) is 0 Å². The molecule has 0 radical (unpaired) electrons. The van der Waals surface area contributed by atoms with Crippen LogP contribution in [0.25, 0.3) is 0 Å². The molecule has 2 aromatic carbocycles. The third-order valence-electron chi connectivity index (χ3n) is 3.35. The Morgan fingerprint density at radius 2 is 1.90 bits per heavy atom. The van der Waals surface area contributed by atoms with Gasteiger partial charge in [-0.2, -0.15) is 0 Å². The van der Waals surface area contributed by atoms with Crippen molar-refractivity contribution in [2.45, 2.75) is 21.1 Å². The van der Waals surface area contributed by atoms with E-state index in [1.165, 1.54) is 26.1 Å². The van der Waals surface area contributed by atoms with E-state index in [0.29, 0.717) is 5.88 Å². The average Bonchev–Trinajstić information content (AvgIpc) is 2.51. The Kier molecular flexibility index (Phi) is 4.49. The first kappa shape index (κ1) is 14.2. The maximum Gasteiger partial charge on any atom is 0.0564 e. The normalized spacial score (nSPS) is 13.0. The van der Waals surface area contributed by atoms with Gasteiger partial charge in [-0.15, -0.1) is 23.4 Å². The van der Waals surface area contributed by atoms with Crippen LogP contribution in [-0.2, 0) is 0 Å². The van der Waals surface area contributed by atoms with E-state index in [-0.39, 0.29) is 0 Å². The van der Waals surface area contributed by atoms with Crippen LogP contribution in [0, 0.1) is 0 Å². The molecule has 1 nitrogen and oxygen atoms in total. The summed E-state index contributed by atoms with van der Waals surface area (Å²) < 4.78 is 0. The molecule has 3 rings (SSSR count). The average molecular weight is 322 g/mol. The number of halogens is 1. The van der Waals surface area contributed by atoms with Crippen LogP contribution in [0.2, 0.25) is 0 Å². The van der Waals surface area contributed by atoms with Crippen LogP contribution < -0.4 is 4.90 Å². The quantitative estimate of drug-likeness (QED) is 0.530. The smallest absolute Gasteiger partial charge is 0.0564 e. The number of alkyl halides is 1. The van der Waals surface area contributed by atoms with Crippen LogP contribution in [0.5, 0.6) is 0 Å². The first-order chi connectivity index (χ1) is 9.83. The van der Waals surface area contributed by atoms with Gasteiger partial charge in [-0.05, 0) is 43.0 Å². The molecule has 0 saturated carbocycles. The predicted octanol–water partition coefficient (Wildman–Crippen LogP) is 5.64. The second kappa shape index (κ2) is 6.33. The summed E-state index contributed by atoms with van der Waals surface area (Å²) in [6, 6.07) is 15.3. The van der Waals surface area contributed by atoms with E-state index in [9.17, 15) is 0 Å². The maximum absolute atomic E-state index is 5.90. The van der Waals surface area contributed by atoms with Crippen molar-refractivity contribution in [3.05, 3.63) is 42.5 Å². The fourth-order valence-corrected chi connectivity index (χ4v) is 4.02. The lowest BCUT2D eigenvalue weighted by Gasteiger charge is -2.33. The monoisotopic (exact) mass is 321 g/mol. The van der Waals surface area contributed by atoms with Crippen molar-refractivity contribution in [2.24, 2.45) is 0 Å². The number of rotatable bonds is 4. The Morgan fingerprint density at radius 3 is 2.70 bits per heavy atom. The largest absolute Gasteiger partial charge is 0.340 e. The highest BCUT2D eigenvalue weighted by Crippen LogP contribution is 2.48. The molecule has 0 unspecified atom stereocenters. The van der Waals surface area contributed by atoms with Crippen molar-refractivity contribution in [3.63, 3.8) is 0 Å². The molecule has 0 atom stereocenters. The highest BCUT2D eigenvalue weighted by molar-refractivity contribution is 8.00. The van der Waals surface area contributed by atoms with Gasteiger partial charge in [0.1, 0.15) is 0 Å². The van der Waals surface area contributed by atoms with E-state index < -0.39 is 0 Å². The molecule has 104 valence electrons. The Labute approximate surface area is 133 Å². The minimum atomic E-state index is 0.698. The first-order valence-electron chi connectivity index (χ1n) is 6.62. The molecule has 2 aromatic rings. The van der Waals surface area contributed by atoms with Crippen molar-refractivity contribution >= 4 is 46.5 Å². The standard InChI is InChI=1S/C16H16ClNS2/c1-19-12-7-8-16-14(11-12)18(10-4-9-17)13-5-2-3-6-15(13)20-16/h2-3,5-8,11H,4,9-10H2,1H3. The molecule has 20 heavy (non-hydrogen) atoms. The summed E-state index contributed by atoms with van der Waals surface area (Å²) in [5, 5.41) is 0. The zero-order valence-electron chi connectivity index (χ0n) is 11.3. The van der Waals surface area contributed by atoms with Crippen molar-refractivity contribution in [2.75, 3.05) is 23.6 Å². The van der Waals surface area contributed by atoms with Gasteiger partial charge in [0, 0.05) is 27.1 Å². The van der Waals surface area contributed by atoms with E-state index in [1.807, 2.05) is 11.8 Å². The SMILES string of the molecule is CSc1ccc2c(c1)N(CCCCl)c1ccccc1S2. The molecule has 0 saturated heterocycles. The molecule has 0 N–H and O–H groups in total. The van der Waals surface area contributed by atoms with Gasteiger partial charge < -0.3 is 4.90 Å². The predicted molar refractivity (Wildman–Crippen MR) is 91.1 cm³/mol. The molecule has 0 aromatic heterocycles. The summed E-state index contributed by atoms with van der Waals surface area (Å²) in [4.78, 5) is 6.37. The summed E-state index contributed by atoms with van der Waals surface area (Å²) in [5.74, 6) is 0.698. The third kappa shape index (κ3) is 2.67. The number of para-hydroxylation sites is 1. The second-order valence-corrected chi connectivity index (χ2v) is 6.94. The lowest BCUT2D eigenvalue weighted by atomic mass is 10.2. The zero-order chi connectivity index (χ0) is 13.9. The Hall–Kier alpha value is -0.770. The van der Waals surface area contributed by atoms with Crippen molar-refractivity contribution in [1.29, 1.82) is 0 Å². The minimum Gasteiger partial charge on any atom is -0.340 e. The molecule has 1 heterocycles. The molecule has 1 aliphatic rings. The number of thioether (sulfide) groups is 1. The van der Waals surface area contributed by atoms with Gasteiger partial charge in [0.15, 0.2) is 0 Å². The van der Waals surface area contributed by atoms with Gasteiger partial charge in [-0.3, -0.25) is 0 Å².